The summed E-state index contributed by atoms with van der Waals surface area (Å²) in [5.74, 6) is 1.11. The lowest BCUT2D eigenvalue weighted by molar-refractivity contribution is 0.0426. The topological polar surface area (TPSA) is 61.8 Å². The van der Waals surface area contributed by atoms with E-state index < -0.39 is 6.10 Å². The molecule has 1 fully saturated rings. The number of fused-ring (bicyclic) bond motifs is 1. The molecule has 3 unspecified atom stereocenters. The Morgan fingerprint density at radius 3 is 3.00 bits per heavy atom. The Morgan fingerprint density at radius 1 is 1.38 bits per heavy atom. The van der Waals surface area contributed by atoms with Crippen molar-refractivity contribution in [2.45, 2.75) is 31.9 Å². The first kappa shape index (κ1) is 14.2. The predicted octanol–water partition coefficient (Wildman–Crippen LogP) is 1.92. The number of amides is 2. The van der Waals surface area contributed by atoms with Crippen LogP contribution in [0.4, 0.5) is 4.79 Å². The van der Waals surface area contributed by atoms with Gasteiger partial charge in [0.1, 0.15) is 5.75 Å². The van der Waals surface area contributed by atoms with Crippen LogP contribution in [0.15, 0.2) is 24.3 Å². The Bertz CT molecular complexity index is 520. The van der Waals surface area contributed by atoms with Crippen molar-refractivity contribution < 1.29 is 14.6 Å². The summed E-state index contributed by atoms with van der Waals surface area (Å²) in [6.07, 6.45) is 1.19. The molecule has 2 amide bonds. The molecule has 1 aromatic rings. The van der Waals surface area contributed by atoms with Crippen LogP contribution in [0.5, 0.6) is 5.75 Å². The maximum Gasteiger partial charge on any atom is 0.317 e. The van der Waals surface area contributed by atoms with Crippen molar-refractivity contribution in [3.8, 4) is 5.75 Å². The number of rotatable bonds is 1. The molecule has 0 aromatic heterocycles. The molecule has 0 spiro atoms. The molecule has 0 saturated carbocycles. The van der Waals surface area contributed by atoms with Gasteiger partial charge in [-0.1, -0.05) is 25.1 Å². The van der Waals surface area contributed by atoms with E-state index >= 15 is 0 Å². The molecule has 0 aliphatic carbocycles. The Morgan fingerprint density at radius 2 is 2.19 bits per heavy atom. The van der Waals surface area contributed by atoms with Gasteiger partial charge in [0.2, 0.25) is 0 Å². The highest BCUT2D eigenvalue weighted by Crippen LogP contribution is 2.31. The first-order valence-corrected chi connectivity index (χ1v) is 7.60. The van der Waals surface area contributed by atoms with E-state index in [4.69, 9.17) is 4.74 Å². The van der Waals surface area contributed by atoms with Crippen LogP contribution in [-0.2, 0) is 0 Å². The molecule has 3 rings (SSSR count). The monoisotopic (exact) mass is 290 g/mol. The minimum absolute atomic E-state index is 0.0149. The number of aliphatic hydroxyl groups is 1. The van der Waals surface area contributed by atoms with Crippen LogP contribution < -0.4 is 10.1 Å². The van der Waals surface area contributed by atoms with E-state index in [0.29, 0.717) is 19.7 Å². The Balaban J connectivity index is 1.66. The summed E-state index contributed by atoms with van der Waals surface area (Å²) in [4.78, 5) is 14.1. The number of piperidine rings is 1. The summed E-state index contributed by atoms with van der Waals surface area (Å²) in [6, 6.07) is 7.71. The highest BCUT2D eigenvalue weighted by Gasteiger charge is 2.29. The van der Waals surface area contributed by atoms with Gasteiger partial charge >= 0.3 is 6.03 Å². The number of carbonyl (C=O) groups is 1. The van der Waals surface area contributed by atoms with Gasteiger partial charge in [0.25, 0.3) is 0 Å². The van der Waals surface area contributed by atoms with E-state index in [1.807, 2.05) is 31.2 Å². The van der Waals surface area contributed by atoms with Gasteiger partial charge in [0.15, 0.2) is 0 Å². The lowest BCUT2D eigenvalue weighted by Crippen LogP contribution is -2.50. The molecule has 0 radical (unpaired) electrons. The molecule has 5 heteroatoms. The Kier molecular flexibility index (Phi) is 4.01. The van der Waals surface area contributed by atoms with Gasteiger partial charge in [-0.3, -0.25) is 0 Å². The first-order valence-electron chi connectivity index (χ1n) is 7.60. The van der Waals surface area contributed by atoms with Crippen LogP contribution in [0.2, 0.25) is 0 Å². The predicted molar refractivity (Wildman–Crippen MR) is 79.2 cm³/mol. The summed E-state index contributed by atoms with van der Waals surface area (Å²) in [6.45, 7) is 3.75. The molecule has 3 atom stereocenters. The van der Waals surface area contributed by atoms with Crippen molar-refractivity contribution in [1.82, 2.24) is 10.2 Å². The van der Waals surface area contributed by atoms with Crippen molar-refractivity contribution >= 4 is 6.03 Å². The van der Waals surface area contributed by atoms with Crippen LogP contribution in [0, 0.1) is 5.92 Å². The second-order valence-corrected chi connectivity index (χ2v) is 5.96. The first-order chi connectivity index (χ1) is 10.1. The number of nitrogens with one attached hydrogen (secondary N) is 1. The van der Waals surface area contributed by atoms with Gasteiger partial charge in [0, 0.05) is 25.1 Å². The van der Waals surface area contributed by atoms with E-state index in [-0.39, 0.29) is 18.0 Å². The summed E-state index contributed by atoms with van der Waals surface area (Å²) >= 11 is 0. The minimum atomic E-state index is -0.425. The Labute approximate surface area is 124 Å². The van der Waals surface area contributed by atoms with E-state index in [2.05, 4.69) is 5.32 Å². The number of carbonyl (C=O) groups excluding carboxylic acids is 1. The van der Waals surface area contributed by atoms with Crippen LogP contribution in [0.25, 0.3) is 0 Å². The fourth-order valence-electron chi connectivity index (χ4n) is 2.97. The van der Waals surface area contributed by atoms with Crippen LogP contribution in [-0.4, -0.2) is 41.8 Å². The standard InChI is InChI=1S/C16H22N2O3/c1-11-6-8-18(10-14(11)19)16(20)17-13-7-9-21-15-5-3-2-4-12(13)15/h2-5,11,13-14,19H,6-10H2,1H3,(H,17,20). The number of aliphatic hydroxyl groups excluding tert-OH is 1. The highest BCUT2D eigenvalue weighted by atomic mass is 16.5. The molecule has 1 aromatic carbocycles. The number of benzene rings is 1. The van der Waals surface area contributed by atoms with Gasteiger partial charge in [-0.2, -0.15) is 0 Å². The average Bonchev–Trinajstić information content (AvgIpc) is 2.50. The molecule has 114 valence electrons. The maximum absolute atomic E-state index is 12.4. The SMILES string of the molecule is CC1CCN(C(=O)NC2CCOc3ccccc32)CC1O. The quantitative estimate of drug-likeness (QED) is 0.830. The third-order valence-electron chi connectivity index (χ3n) is 4.46. The lowest BCUT2D eigenvalue weighted by atomic mass is 9.96. The van der Waals surface area contributed by atoms with Crippen molar-refractivity contribution in [3.63, 3.8) is 0 Å². The zero-order valence-corrected chi connectivity index (χ0v) is 12.3. The summed E-state index contributed by atoms with van der Waals surface area (Å²) < 4.78 is 5.61. The molecule has 21 heavy (non-hydrogen) atoms. The number of hydrogen-bond donors (Lipinski definition) is 2. The summed E-state index contributed by atoms with van der Waals surface area (Å²) in [5.41, 5.74) is 1.03. The highest BCUT2D eigenvalue weighted by molar-refractivity contribution is 5.75. The average molecular weight is 290 g/mol. The van der Waals surface area contributed by atoms with Crippen LogP contribution in [0.1, 0.15) is 31.4 Å². The molecule has 2 N–H and O–H groups in total. The molecule has 2 aliphatic heterocycles. The van der Waals surface area contributed by atoms with Crippen molar-refractivity contribution in [3.05, 3.63) is 29.8 Å². The molecule has 2 heterocycles. The molecular formula is C16H22N2O3. The number of para-hydroxylation sites is 1. The number of hydrogen-bond acceptors (Lipinski definition) is 3. The van der Waals surface area contributed by atoms with Gasteiger partial charge in [-0.25, -0.2) is 4.79 Å². The zero-order valence-electron chi connectivity index (χ0n) is 12.3. The number of likely N-dealkylation sites (tertiary alicyclic amines) is 1. The number of urea groups is 1. The number of ether oxygens (including phenoxy) is 1. The molecule has 2 aliphatic rings. The second kappa shape index (κ2) is 5.93. The molecular weight excluding hydrogens is 268 g/mol. The number of β-amino-alcohol motifs (C(OH)–C–C–N with tert-alkyl or cyclic N) is 1. The summed E-state index contributed by atoms with van der Waals surface area (Å²) in [5, 5.41) is 13.0. The fourth-order valence-corrected chi connectivity index (χ4v) is 2.97. The third kappa shape index (κ3) is 2.97. The fraction of sp³-hybridized carbons (Fsp3) is 0.562. The molecule has 1 saturated heterocycles. The summed E-state index contributed by atoms with van der Waals surface area (Å²) in [7, 11) is 0. The second-order valence-electron chi connectivity index (χ2n) is 5.96. The largest absolute Gasteiger partial charge is 0.493 e. The van der Waals surface area contributed by atoms with Crippen LogP contribution >= 0.6 is 0 Å². The van der Waals surface area contributed by atoms with Crippen molar-refractivity contribution in [2.75, 3.05) is 19.7 Å². The minimum Gasteiger partial charge on any atom is -0.493 e. The van der Waals surface area contributed by atoms with Gasteiger partial charge in [0.05, 0.1) is 18.8 Å². The normalized spacial score (nSPS) is 28.5. The van der Waals surface area contributed by atoms with Gasteiger partial charge in [-0.15, -0.1) is 0 Å². The van der Waals surface area contributed by atoms with Gasteiger partial charge in [-0.05, 0) is 18.4 Å². The van der Waals surface area contributed by atoms with Crippen LogP contribution in [0.3, 0.4) is 0 Å². The van der Waals surface area contributed by atoms with Gasteiger partial charge < -0.3 is 20.1 Å². The zero-order chi connectivity index (χ0) is 14.8. The maximum atomic E-state index is 12.4. The smallest absolute Gasteiger partial charge is 0.317 e. The third-order valence-corrected chi connectivity index (χ3v) is 4.46. The Hall–Kier alpha value is -1.75. The number of nitrogens with zero attached hydrogens (tertiary/aromatic N) is 1. The van der Waals surface area contributed by atoms with E-state index in [1.165, 1.54) is 0 Å². The van der Waals surface area contributed by atoms with E-state index in [9.17, 15) is 9.90 Å². The molecule has 0 bridgehead atoms. The van der Waals surface area contributed by atoms with Crippen molar-refractivity contribution in [2.24, 2.45) is 5.92 Å². The lowest BCUT2D eigenvalue weighted by Gasteiger charge is -2.36. The van der Waals surface area contributed by atoms with E-state index in [1.54, 1.807) is 4.90 Å². The van der Waals surface area contributed by atoms with Crippen molar-refractivity contribution in [1.29, 1.82) is 0 Å². The van der Waals surface area contributed by atoms with E-state index in [0.717, 1.165) is 24.2 Å². The molecule has 5 nitrogen and oxygen atoms in total.